The van der Waals surface area contributed by atoms with Crippen molar-refractivity contribution in [1.29, 1.82) is 0 Å². The van der Waals surface area contributed by atoms with Gasteiger partial charge in [-0.2, -0.15) is 0 Å². The minimum atomic E-state index is -1.23. The molecule has 0 saturated carbocycles. The number of aliphatic hydroxyl groups is 1. The fourth-order valence-electron chi connectivity index (χ4n) is 2.97. The second-order valence-corrected chi connectivity index (χ2v) is 5.73. The Hall–Kier alpha value is -1.83. The van der Waals surface area contributed by atoms with Crippen LogP contribution in [0.3, 0.4) is 0 Å². The average molecular weight is 322 g/mol. The lowest BCUT2D eigenvalue weighted by Gasteiger charge is -2.37. The first-order chi connectivity index (χ1) is 11.1. The Kier molecular flexibility index (Phi) is 5.00. The number of likely N-dealkylation sites (tertiary alicyclic amines) is 1. The van der Waals surface area contributed by atoms with E-state index in [0.717, 1.165) is 10.5 Å². The van der Waals surface area contributed by atoms with Crippen molar-refractivity contribution < 1.29 is 29.2 Å². The van der Waals surface area contributed by atoms with Crippen molar-refractivity contribution >= 4 is 6.09 Å². The number of amides is 1. The second kappa shape index (κ2) is 7.16. The number of hydrogen-bond donors (Lipinski definition) is 1. The van der Waals surface area contributed by atoms with Crippen LogP contribution in [0.4, 0.5) is 4.79 Å². The molecule has 126 valence electrons. The fraction of sp³-hybridized carbons (Fsp3) is 0.562. The standard InChI is InChI=1S/C16H21NO6/c18-14-9-17(16(19)20)6-5-13(14)11-1-3-12(4-2-11)23-10-15-21-7-8-22-15/h1-4,13-15,18H,5-10H2,(H,19,20)/p-1. The van der Waals surface area contributed by atoms with Gasteiger partial charge in [0.2, 0.25) is 0 Å². The zero-order valence-corrected chi connectivity index (χ0v) is 12.7. The Morgan fingerprint density at radius 2 is 2.00 bits per heavy atom. The van der Waals surface area contributed by atoms with E-state index in [4.69, 9.17) is 14.2 Å². The van der Waals surface area contributed by atoms with Crippen LogP contribution in [-0.2, 0) is 9.47 Å². The summed E-state index contributed by atoms with van der Waals surface area (Å²) in [5, 5.41) is 21.0. The van der Waals surface area contributed by atoms with Gasteiger partial charge in [-0.1, -0.05) is 12.1 Å². The van der Waals surface area contributed by atoms with Gasteiger partial charge in [0.25, 0.3) is 0 Å². The predicted octanol–water partition coefficient (Wildman–Crippen LogP) is -0.0682. The van der Waals surface area contributed by atoms with E-state index in [1.54, 1.807) is 0 Å². The molecule has 1 amide bonds. The molecule has 2 unspecified atom stereocenters. The van der Waals surface area contributed by atoms with Crippen molar-refractivity contribution in [3.8, 4) is 5.75 Å². The van der Waals surface area contributed by atoms with Gasteiger partial charge in [0.05, 0.1) is 19.3 Å². The van der Waals surface area contributed by atoms with Crippen LogP contribution >= 0.6 is 0 Å². The Labute approximate surface area is 134 Å². The van der Waals surface area contributed by atoms with Crippen LogP contribution < -0.4 is 9.84 Å². The van der Waals surface area contributed by atoms with Gasteiger partial charge < -0.3 is 34.1 Å². The highest BCUT2D eigenvalue weighted by Gasteiger charge is 2.28. The summed E-state index contributed by atoms with van der Waals surface area (Å²) in [7, 11) is 0. The van der Waals surface area contributed by atoms with Gasteiger partial charge in [-0.15, -0.1) is 0 Å². The second-order valence-electron chi connectivity index (χ2n) is 5.73. The molecule has 1 aromatic carbocycles. The van der Waals surface area contributed by atoms with Crippen LogP contribution in [0.1, 0.15) is 17.9 Å². The van der Waals surface area contributed by atoms with Crippen LogP contribution in [0, 0.1) is 0 Å². The lowest BCUT2D eigenvalue weighted by Crippen LogP contribution is -2.50. The van der Waals surface area contributed by atoms with Crippen LogP contribution in [0.15, 0.2) is 24.3 Å². The van der Waals surface area contributed by atoms with E-state index in [1.165, 1.54) is 0 Å². The molecule has 2 saturated heterocycles. The number of nitrogens with zero attached hydrogens (tertiary/aromatic N) is 1. The maximum atomic E-state index is 10.8. The van der Waals surface area contributed by atoms with Gasteiger partial charge in [0.15, 0.2) is 6.29 Å². The number of aliphatic hydroxyl groups excluding tert-OH is 1. The first kappa shape index (κ1) is 16.0. The van der Waals surface area contributed by atoms with Gasteiger partial charge in [0.1, 0.15) is 18.4 Å². The topological polar surface area (TPSA) is 91.3 Å². The number of benzene rings is 1. The smallest absolute Gasteiger partial charge is 0.191 e. The number of carboxylic acid groups (broad SMARTS) is 1. The Balaban J connectivity index is 1.55. The number of rotatable bonds is 4. The monoisotopic (exact) mass is 322 g/mol. The summed E-state index contributed by atoms with van der Waals surface area (Å²) in [4.78, 5) is 12.0. The summed E-state index contributed by atoms with van der Waals surface area (Å²) in [6.45, 7) is 1.98. The molecule has 3 rings (SSSR count). The highest BCUT2D eigenvalue weighted by molar-refractivity contribution is 5.62. The van der Waals surface area contributed by atoms with Crippen molar-refractivity contribution in [1.82, 2.24) is 4.90 Å². The number of piperidine rings is 1. The minimum Gasteiger partial charge on any atom is -0.530 e. The molecule has 2 heterocycles. The Morgan fingerprint density at radius 3 is 2.61 bits per heavy atom. The summed E-state index contributed by atoms with van der Waals surface area (Å²) >= 11 is 0. The van der Waals surface area contributed by atoms with E-state index in [1.807, 2.05) is 24.3 Å². The molecule has 0 aromatic heterocycles. The summed E-state index contributed by atoms with van der Waals surface area (Å²) in [5.41, 5.74) is 0.969. The third kappa shape index (κ3) is 3.93. The van der Waals surface area contributed by atoms with E-state index in [2.05, 4.69) is 0 Å². The molecular weight excluding hydrogens is 302 g/mol. The van der Waals surface area contributed by atoms with Crippen LogP contribution in [0.2, 0.25) is 0 Å². The summed E-state index contributed by atoms with van der Waals surface area (Å²) in [6, 6.07) is 7.47. The number of β-amino-alcohol motifs (C(OH)–C–C–N with tert-alkyl or cyclic N) is 1. The molecule has 2 aliphatic heterocycles. The van der Waals surface area contributed by atoms with Gasteiger partial charge in [0, 0.05) is 19.0 Å². The van der Waals surface area contributed by atoms with Crippen LogP contribution in [-0.4, -0.2) is 61.4 Å². The van der Waals surface area contributed by atoms with E-state index in [0.29, 0.717) is 38.5 Å². The number of hydrogen-bond acceptors (Lipinski definition) is 6. The van der Waals surface area contributed by atoms with E-state index in [9.17, 15) is 15.0 Å². The third-order valence-electron chi connectivity index (χ3n) is 4.23. The first-order valence-electron chi connectivity index (χ1n) is 7.73. The van der Waals surface area contributed by atoms with Gasteiger partial charge in [-0.05, 0) is 24.1 Å². The highest BCUT2D eigenvalue weighted by atomic mass is 16.7. The number of carbonyl (C=O) groups is 1. The molecule has 0 aliphatic carbocycles. The lowest BCUT2D eigenvalue weighted by atomic mass is 9.87. The maximum Gasteiger partial charge on any atom is 0.191 e. The SMILES string of the molecule is O=C([O-])N1CCC(c2ccc(OCC3OCCO3)cc2)C(O)C1. The van der Waals surface area contributed by atoms with Crippen molar-refractivity contribution in [3.63, 3.8) is 0 Å². The van der Waals surface area contributed by atoms with E-state index >= 15 is 0 Å². The van der Waals surface area contributed by atoms with Crippen molar-refractivity contribution in [2.24, 2.45) is 0 Å². The number of carbonyl (C=O) groups excluding carboxylic acids is 1. The predicted molar refractivity (Wildman–Crippen MR) is 78.0 cm³/mol. The molecule has 1 aromatic rings. The Morgan fingerprint density at radius 1 is 1.30 bits per heavy atom. The zero-order chi connectivity index (χ0) is 16.2. The molecule has 7 heteroatoms. The molecule has 2 atom stereocenters. The Bertz CT molecular complexity index is 528. The summed E-state index contributed by atoms with van der Waals surface area (Å²) in [5.74, 6) is 0.621. The zero-order valence-electron chi connectivity index (χ0n) is 12.7. The fourth-order valence-corrected chi connectivity index (χ4v) is 2.97. The van der Waals surface area contributed by atoms with Crippen molar-refractivity contribution in [2.45, 2.75) is 24.7 Å². The molecule has 2 fully saturated rings. The third-order valence-corrected chi connectivity index (χ3v) is 4.23. The molecule has 0 bridgehead atoms. The quantitative estimate of drug-likeness (QED) is 0.834. The molecular formula is C16H20NO6-. The molecule has 1 N–H and O–H groups in total. The lowest BCUT2D eigenvalue weighted by molar-refractivity contribution is -0.268. The minimum absolute atomic E-state index is 0.0823. The summed E-state index contributed by atoms with van der Waals surface area (Å²) in [6.07, 6.45) is -1.71. The molecule has 2 aliphatic rings. The van der Waals surface area contributed by atoms with Gasteiger partial charge in [-0.3, -0.25) is 0 Å². The van der Waals surface area contributed by atoms with Crippen LogP contribution in [0.5, 0.6) is 5.75 Å². The highest BCUT2D eigenvalue weighted by Crippen LogP contribution is 2.29. The van der Waals surface area contributed by atoms with Crippen molar-refractivity contribution in [3.05, 3.63) is 29.8 Å². The first-order valence-corrected chi connectivity index (χ1v) is 7.73. The normalized spacial score (nSPS) is 25.5. The van der Waals surface area contributed by atoms with E-state index < -0.39 is 12.2 Å². The average Bonchev–Trinajstić information content (AvgIpc) is 3.07. The molecule has 0 spiro atoms. The van der Waals surface area contributed by atoms with Crippen molar-refractivity contribution in [2.75, 3.05) is 32.9 Å². The summed E-state index contributed by atoms with van der Waals surface area (Å²) < 4.78 is 16.2. The maximum absolute atomic E-state index is 10.8. The molecule has 0 radical (unpaired) electrons. The van der Waals surface area contributed by atoms with Gasteiger partial charge in [-0.25, -0.2) is 0 Å². The van der Waals surface area contributed by atoms with Crippen LogP contribution in [0.25, 0.3) is 0 Å². The van der Waals surface area contributed by atoms with Gasteiger partial charge >= 0.3 is 0 Å². The molecule has 23 heavy (non-hydrogen) atoms. The van der Waals surface area contributed by atoms with E-state index in [-0.39, 0.29) is 18.8 Å². The largest absolute Gasteiger partial charge is 0.530 e. The number of ether oxygens (including phenoxy) is 3. The molecule has 7 nitrogen and oxygen atoms in total.